The third-order valence-electron chi connectivity index (χ3n) is 3.54. The molecule has 1 fully saturated rings. The van der Waals surface area contributed by atoms with Gasteiger partial charge in [-0.3, -0.25) is 4.68 Å². The van der Waals surface area contributed by atoms with E-state index in [4.69, 9.17) is 0 Å². The van der Waals surface area contributed by atoms with Crippen LogP contribution in [0.25, 0.3) is 10.9 Å². The molecule has 0 aliphatic carbocycles. The average Bonchev–Trinajstić information content (AvgIpc) is 2.90. The fourth-order valence-corrected chi connectivity index (χ4v) is 2.67. The molecule has 17 heavy (non-hydrogen) atoms. The Morgan fingerprint density at radius 1 is 1.53 bits per heavy atom. The summed E-state index contributed by atoms with van der Waals surface area (Å²) in [7, 11) is 1.81. The zero-order valence-corrected chi connectivity index (χ0v) is 9.91. The molecular formula is C13H16FN3. The van der Waals surface area contributed by atoms with Gasteiger partial charge in [0, 0.05) is 12.4 Å². The molecule has 0 spiro atoms. The SMILES string of the molecule is Cn1nc(CC2CCNC2)c2cccc(F)c21. The zero-order valence-electron chi connectivity index (χ0n) is 9.91. The van der Waals surface area contributed by atoms with Crippen LogP contribution >= 0.6 is 0 Å². The lowest BCUT2D eigenvalue weighted by atomic mass is 10.0. The molecule has 1 aliphatic heterocycles. The Morgan fingerprint density at radius 3 is 3.18 bits per heavy atom. The molecule has 1 aromatic carbocycles. The molecule has 3 rings (SSSR count). The monoisotopic (exact) mass is 233 g/mol. The molecule has 1 aliphatic rings. The van der Waals surface area contributed by atoms with Crippen molar-refractivity contribution in [3.05, 3.63) is 29.7 Å². The number of hydrogen-bond donors (Lipinski definition) is 1. The Bertz CT molecular complexity index is 541. The van der Waals surface area contributed by atoms with Crippen molar-refractivity contribution in [1.82, 2.24) is 15.1 Å². The van der Waals surface area contributed by atoms with Crippen molar-refractivity contribution in [1.29, 1.82) is 0 Å². The predicted octanol–water partition coefficient (Wildman–Crippen LogP) is 1.86. The first-order valence-electron chi connectivity index (χ1n) is 6.06. The van der Waals surface area contributed by atoms with Gasteiger partial charge in [-0.15, -0.1) is 0 Å². The van der Waals surface area contributed by atoms with Crippen molar-refractivity contribution in [3.63, 3.8) is 0 Å². The van der Waals surface area contributed by atoms with Gasteiger partial charge in [0.25, 0.3) is 0 Å². The zero-order chi connectivity index (χ0) is 11.8. The maximum absolute atomic E-state index is 13.7. The Balaban J connectivity index is 2.01. The maximum Gasteiger partial charge on any atom is 0.149 e. The molecule has 1 atom stereocenters. The van der Waals surface area contributed by atoms with E-state index >= 15 is 0 Å². The highest BCUT2D eigenvalue weighted by atomic mass is 19.1. The lowest BCUT2D eigenvalue weighted by Gasteiger charge is -2.05. The molecule has 1 N–H and O–H groups in total. The minimum Gasteiger partial charge on any atom is -0.316 e. The Labute approximate surface area is 99.6 Å². The normalized spacial score (nSPS) is 20.2. The Morgan fingerprint density at radius 2 is 2.41 bits per heavy atom. The number of halogens is 1. The Kier molecular flexibility index (Phi) is 2.59. The Hall–Kier alpha value is -1.42. The van der Waals surface area contributed by atoms with Crippen LogP contribution < -0.4 is 5.32 Å². The number of nitrogens with one attached hydrogen (secondary N) is 1. The first-order chi connectivity index (χ1) is 8.25. The van der Waals surface area contributed by atoms with Crippen molar-refractivity contribution in [2.45, 2.75) is 12.8 Å². The number of aryl methyl sites for hydroxylation is 1. The standard InChI is InChI=1S/C13H16FN3/c1-17-13-10(3-2-4-11(13)14)12(16-17)7-9-5-6-15-8-9/h2-4,9,15H,5-8H2,1H3. The van der Waals surface area contributed by atoms with E-state index in [1.54, 1.807) is 10.7 Å². The molecule has 0 radical (unpaired) electrons. The topological polar surface area (TPSA) is 29.9 Å². The van der Waals surface area contributed by atoms with E-state index in [1.807, 2.05) is 13.1 Å². The second kappa shape index (κ2) is 4.11. The summed E-state index contributed by atoms with van der Waals surface area (Å²) in [6.07, 6.45) is 2.13. The molecule has 90 valence electrons. The second-order valence-electron chi connectivity index (χ2n) is 4.77. The van der Waals surface area contributed by atoms with Crippen LogP contribution in [-0.2, 0) is 13.5 Å². The number of benzene rings is 1. The molecule has 4 heteroatoms. The minimum atomic E-state index is -0.187. The smallest absolute Gasteiger partial charge is 0.149 e. The number of rotatable bonds is 2. The molecule has 2 aromatic rings. The number of hydrogen-bond acceptors (Lipinski definition) is 2. The fourth-order valence-electron chi connectivity index (χ4n) is 2.67. The summed E-state index contributed by atoms with van der Waals surface area (Å²) in [5.74, 6) is 0.449. The van der Waals surface area contributed by atoms with Crippen molar-refractivity contribution >= 4 is 10.9 Å². The van der Waals surface area contributed by atoms with Gasteiger partial charge in [0.05, 0.1) is 5.69 Å². The van der Waals surface area contributed by atoms with Crippen LogP contribution in [0.4, 0.5) is 4.39 Å². The van der Waals surface area contributed by atoms with E-state index in [-0.39, 0.29) is 5.82 Å². The van der Waals surface area contributed by atoms with Crippen LogP contribution in [0.5, 0.6) is 0 Å². The van der Waals surface area contributed by atoms with Crippen LogP contribution in [0, 0.1) is 11.7 Å². The molecule has 0 amide bonds. The van der Waals surface area contributed by atoms with Gasteiger partial charge < -0.3 is 5.32 Å². The van der Waals surface area contributed by atoms with E-state index in [0.29, 0.717) is 11.4 Å². The molecule has 2 heterocycles. The van der Waals surface area contributed by atoms with Crippen LogP contribution in [-0.4, -0.2) is 22.9 Å². The van der Waals surface area contributed by atoms with Crippen LogP contribution in [0.2, 0.25) is 0 Å². The van der Waals surface area contributed by atoms with Crippen LogP contribution in [0.3, 0.4) is 0 Å². The molecule has 0 bridgehead atoms. The highest BCUT2D eigenvalue weighted by Crippen LogP contribution is 2.24. The van der Waals surface area contributed by atoms with Crippen molar-refractivity contribution in [3.8, 4) is 0 Å². The maximum atomic E-state index is 13.7. The summed E-state index contributed by atoms with van der Waals surface area (Å²) >= 11 is 0. The summed E-state index contributed by atoms with van der Waals surface area (Å²) in [5.41, 5.74) is 1.64. The van der Waals surface area contributed by atoms with Crippen molar-refractivity contribution in [2.24, 2.45) is 13.0 Å². The number of fused-ring (bicyclic) bond motifs is 1. The largest absolute Gasteiger partial charge is 0.316 e. The second-order valence-corrected chi connectivity index (χ2v) is 4.77. The van der Waals surface area contributed by atoms with Gasteiger partial charge in [-0.05, 0) is 37.9 Å². The van der Waals surface area contributed by atoms with Gasteiger partial charge in [0.15, 0.2) is 0 Å². The molecule has 1 aromatic heterocycles. The third kappa shape index (κ3) is 1.82. The highest BCUT2D eigenvalue weighted by Gasteiger charge is 2.19. The fraction of sp³-hybridized carbons (Fsp3) is 0.462. The van der Waals surface area contributed by atoms with E-state index < -0.39 is 0 Å². The van der Waals surface area contributed by atoms with Crippen molar-refractivity contribution < 1.29 is 4.39 Å². The quantitative estimate of drug-likeness (QED) is 0.858. The summed E-state index contributed by atoms with van der Waals surface area (Å²) in [6.45, 7) is 2.14. The lowest BCUT2D eigenvalue weighted by Crippen LogP contribution is -2.11. The van der Waals surface area contributed by atoms with Gasteiger partial charge in [0.2, 0.25) is 0 Å². The van der Waals surface area contributed by atoms with Gasteiger partial charge in [0.1, 0.15) is 11.3 Å². The molecular weight excluding hydrogens is 217 g/mol. The molecule has 1 unspecified atom stereocenters. The van der Waals surface area contributed by atoms with Gasteiger partial charge in [-0.2, -0.15) is 5.10 Å². The van der Waals surface area contributed by atoms with E-state index in [1.165, 1.54) is 12.5 Å². The first kappa shape index (κ1) is 10.7. The first-order valence-corrected chi connectivity index (χ1v) is 6.06. The minimum absolute atomic E-state index is 0.187. The van der Waals surface area contributed by atoms with E-state index in [0.717, 1.165) is 30.6 Å². The van der Waals surface area contributed by atoms with Crippen LogP contribution in [0.15, 0.2) is 18.2 Å². The third-order valence-corrected chi connectivity index (χ3v) is 3.54. The van der Waals surface area contributed by atoms with Crippen LogP contribution in [0.1, 0.15) is 12.1 Å². The summed E-state index contributed by atoms with van der Waals surface area (Å²) in [5, 5.41) is 8.77. The van der Waals surface area contributed by atoms with Crippen molar-refractivity contribution in [2.75, 3.05) is 13.1 Å². The number of aromatic nitrogens is 2. The molecule has 3 nitrogen and oxygen atoms in total. The van der Waals surface area contributed by atoms with E-state index in [9.17, 15) is 4.39 Å². The predicted molar refractivity (Wildman–Crippen MR) is 65.4 cm³/mol. The van der Waals surface area contributed by atoms with Gasteiger partial charge in [-0.25, -0.2) is 4.39 Å². The molecule has 0 saturated carbocycles. The lowest BCUT2D eigenvalue weighted by molar-refractivity contribution is 0.566. The highest BCUT2D eigenvalue weighted by molar-refractivity contribution is 5.82. The number of nitrogens with zero attached hydrogens (tertiary/aromatic N) is 2. The summed E-state index contributed by atoms with van der Waals surface area (Å²) < 4.78 is 15.4. The van der Waals surface area contributed by atoms with Gasteiger partial charge >= 0.3 is 0 Å². The van der Waals surface area contributed by atoms with Gasteiger partial charge in [-0.1, -0.05) is 12.1 Å². The number of para-hydroxylation sites is 1. The summed E-state index contributed by atoms with van der Waals surface area (Å²) in [6, 6.07) is 5.21. The molecule has 1 saturated heterocycles. The summed E-state index contributed by atoms with van der Waals surface area (Å²) in [4.78, 5) is 0. The van der Waals surface area contributed by atoms with E-state index in [2.05, 4.69) is 10.4 Å². The average molecular weight is 233 g/mol.